The summed E-state index contributed by atoms with van der Waals surface area (Å²) in [5, 5.41) is 21.8. The van der Waals surface area contributed by atoms with Crippen molar-refractivity contribution in [3.8, 4) is 11.5 Å². The van der Waals surface area contributed by atoms with Crippen molar-refractivity contribution in [2.75, 3.05) is 6.61 Å². The molecule has 2 aromatic carbocycles. The standard InChI is InChI=1S/C26H30O4/c1-4-19-12-11-17(3)15-21(19)24-22(27)16-20(5-2)23(25(24)28)26(29)30-14-13-18-9-7-6-8-10-18/h4,6-10,15-16,19,21,27-28H,1,5,11-14H2,2-3H3/t19-,21-/m1/s1. The number of phenolic OH excluding ortho intramolecular Hbond substituents is 2. The van der Waals surface area contributed by atoms with Gasteiger partial charge in [0.2, 0.25) is 0 Å². The third-order valence-corrected chi connectivity index (χ3v) is 5.89. The van der Waals surface area contributed by atoms with Gasteiger partial charge in [-0.2, -0.15) is 0 Å². The summed E-state index contributed by atoms with van der Waals surface area (Å²) in [5.41, 5.74) is 3.38. The zero-order chi connectivity index (χ0) is 21.7. The molecule has 4 nitrogen and oxygen atoms in total. The molecule has 0 unspecified atom stereocenters. The summed E-state index contributed by atoms with van der Waals surface area (Å²) >= 11 is 0. The largest absolute Gasteiger partial charge is 0.507 e. The molecule has 3 rings (SSSR count). The minimum Gasteiger partial charge on any atom is -0.507 e. The number of hydrogen-bond donors (Lipinski definition) is 2. The lowest BCUT2D eigenvalue weighted by Crippen LogP contribution is -2.17. The molecule has 0 aromatic heterocycles. The van der Waals surface area contributed by atoms with Gasteiger partial charge in [-0.1, -0.05) is 55.0 Å². The molecule has 0 aliphatic heterocycles. The van der Waals surface area contributed by atoms with E-state index in [2.05, 4.69) is 12.7 Å². The van der Waals surface area contributed by atoms with Crippen molar-refractivity contribution < 1.29 is 19.7 Å². The summed E-state index contributed by atoms with van der Waals surface area (Å²) in [4.78, 5) is 12.9. The second kappa shape index (κ2) is 9.66. The molecule has 2 aromatic rings. The summed E-state index contributed by atoms with van der Waals surface area (Å²) < 4.78 is 5.50. The van der Waals surface area contributed by atoms with Gasteiger partial charge in [0.25, 0.3) is 0 Å². The summed E-state index contributed by atoms with van der Waals surface area (Å²) in [6.07, 6.45) is 6.86. The Labute approximate surface area is 178 Å². The Balaban J connectivity index is 1.91. The Morgan fingerprint density at radius 3 is 2.67 bits per heavy atom. The molecule has 158 valence electrons. The van der Waals surface area contributed by atoms with E-state index in [-0.39, 0.29) is 35.5 Å². The number of benzene rings is 2. The fourth-order valence-electron chi connectivity index (χ4n) is 4.19. The molecule has 0 radical (unpaired) electrons. The highest BCUT2D eigenvalue weighted by Crippen LogP contribution is 2.46. The van der Waals surface area contributed by atoms with Crippen LogP contribution >= 0.6 is 0 Å². The first-order valence-electron chi connectivity index (χ1n) is 10.5. The molecule has 0 spiro atoms. The maximum absolute atomic E-state index is 12.9. The van der Waals surface area contributed by atoms with Crippen LogP contribution in [0.15, 0.2) is 60.7 Å². The van der Waals surface area contributed by atoms with Crippen molar-refractivity contribution in [3.05, 3.63) is 83.0 Å². The molecule has 0 bridgehead atoms. The monoisotopic (exact) mass is 406 g/mol. The molecule has 2 atom stereocenters. The van der Waals surface area contributed by atoms with Crippen LogP contribution in [-0.4, -0.2) is 22.8 Å². The molecule has 0 heterocycles. The Bertz CT molecular complexity index is 943. The molecule has 1 aliphatic rings. The summed E-state index contributed by atoms with van der Waals surface area (Å²) in [6, 6.07) is 11.4. The summed E-state index contributed by atoms with van der Waals surface area (Å²) in [7, 11) is 0. The number of rotatable bonds is 7. The van der Waals surface area contributed by atoms with E-state index in [1.54, 1.807) is 6.07 Å². The van der Waals surface area contributed by atoms with Crippen LogP contribution in [0.25, 0.3) is 0 Å². The highest BCUT2D eigenvalue weighted by atomic mass is 16.5. The Hall–Kier alpha value is -3.01. The molecule has 0 amide bonds. The van der Waals surface area contributed by atoms with Crippen molar-refractivity contribution in [1.82, 2.24) is 0 Å². The van der Waals surface area contributed by atoms with Crippen molar-refractivity contribution in [2.24, 2.45) is 5.92 Å². The zero-order valence-electron chi connectivity index (χ0n) is 17.7. The second-order valence-corrected chi connectivity index (χ2v) is 7.89. The highest BCUT2D eigenvalue weighted by Gasteiger charge is 2.31. The number of esters is 1. The maximum atomic E-state index is 12.9. The van der Waals surface area contributed by atoms with E-state index in [1.807, 2.05) is 50.3 Å². The average Bonchev–Trinajstić information content (AvgIpc) is 2.74. The first-order valence-corrected chi connectivity index (χ1v) is 10.5. The first kappa shape index (κ1) is 21.7. The van der Waals surface area contributed by atoms with Crippen LogP contribution in [0.4, 0.5) is 0 Å². The molecular weight excluding hydrogens is 376 g/mol. The number of aromatic hydroxyl groups is 2. The zero-order valence-corrected chi connectivity index (χ0v) is 17.7. The van der Waals surface area contributed by atoms with Gasteiger partial charge in [-0.3, -0.25) is 0 Å². The molecule has 2 N–H and O–H groups in total. The topological polar surface area (TPSA) is 66.8 Å². The van der Waals surface area contributed by atoms with Crippen LogP contribution in [-0.2, 0) is 17.6 Å². The van der Waals surface area contributed by atoms with Crippen molar-refractivity contribution in [3.63, 3.8) is 0 Å². The van der Waals surface area contributed by atoms with Gasteiger partial charge in [-0.15, -0.1) is 6.58 Å². The number of carbonyl (C=O) groups is 1. The number of aryl methyl sites for hydroxylation is 1. The van der Waals surface area contributed by atoms with Crippen LogP contribution < -0.4 is 0 Å². The van der Waals surface area contributed by atoms with E-state index in [0.29, 0.717) is 24.0 Å². The Morgan fingerprint density at radius 1 is 1.27 bits per heavy atom. The number of hydrogen-bond acceptors (Lipinski definition) is 4. The molecule has 30 heavy (non-hydrogen) atoms. The van der Waals surface area contributed by atoms with Crippen LogP contribution in [0, 0.1) is 5.92 Å². The SMILES string of the molecule is C=C[C@@H]1CCC(C)=C[C@H]1c1c(O)cc(CC)c(C(=O)OCCc2ccccc2)c1O. The lowest BCUT2D eigenvalue weighted by molar-refractivity contribution is 0.0504. The predicted octanol–water partition coefficient (Wildman–Crippen LogP) is 5.69. The van der Waals surface area contributed by atoms with Crippen LogP contribution in [0.2, 0.25) is 0 Å². The molecule has 0 fully saturated rings. The Kier molecular flexibility index (Phi) is 6.99. The average molecular weight is 407 g/mol. The van der Waals surface area contributed by atoms with Crippen LogP contribution in [0.3, 0.4) is 0 Å². The van der Waals surface area contributed by atoms with Crippen molar-refractivity contribution >= 4 is 5.97 Å². The molecular formula is C26H30O4. The van der Waals surface area contributed by atoms with E-state index in [1.165, 1.54) is 5.57 Å². The second-order valence-electron chi connectivity index (χ2n) is 7.89. The van der Waals surface area contributed by atoms with E-state index in [0.717, 1.165) is 18.4 Å². The fraction of sp³-hybridized carbons (Fsp3) is 0.346. The van der Waals surface area contributed by atoms with Crippen LogP contribution in [0.5, 0.6) is 11.5 Å². The van der Waals surface area contributed by atoms with Crippen LogP contribution in [0.1, 0.15) is 59.7 Å². The third-order valence-electron chi connectivity index (χ3n) is 5.89. The van der Waals surface area contributed by atoms with Gasteiger partial charge in [-0.25, -0.2) is 4.79 Å². The number of phenols is 2. The molecule has 1 aliphatic carbocycles. The first-order chi connectivity index (χ1) is 14.5. The number of carbonyl (C=O) groups excluding carboxylic acids is 1. The van der Waals surface area contributed by atoms with E-state index in [4.69, 9.17) is 4.74 Å². The summed E-state index contributed by atoms with van der Waals surface area (Å²) in [5.74, 6) is -0.876. The highest BCUT2D eigenvalue weighted by molar-refractivity contribution is 5.95. The number of allylic oxidation sites excluding steroid dienone is 3. The maximum Gasteiger partial charge on any atom is 0.342 e. The van der Waals surface area contributed by atoms with Gasteiger partial charge in [0.05, 0.1) is 6.61 Å². The van der Waals surface area contributed by atoms with E-state index >= 15 is 0 Å². The summed E-state index contributed by atoms with van der Waals surface area (Å²) in [6.45, 7) is 8.06. The van der Waals surface area contributed by atoms with Gasteiger partial charge in [0.1, 0.15) is 17.1 Å². The molecule has 0 saturated carbocycles. The van der Waals surface area contributed by atoms with E-state index < -0.39 is 5.97 Å². The van der Waals surface area contributed by atoms with Gasteiger partial charge >= 0.3 is 5.97 Å². The molecule has 0 saturated heterocycles. The molecule has 4 heteroatoms. The quantitative estimate of drug-likeness (QED) is 0.458. The minimum absolute atomic E-state index is 0.00739. The smallest absolute Gasteiger partial charge is 0.342 e. The Morgan fingerprint density at radius 2 is 2.00 bits per heavy atom. The lowest BCUT2D eigenvalue weighted by atomic mass is 9.76. The predicted molar refractivity (Wildman–Crippen MR) is 119 cm³/mol. The van der Waals surface area contributed by atoms with E-state index in [9.17, 15) is 15.0 Å². The van der Waals surface area contributed by atoms with Gasteiger partial charge in [0, 0.05) is 17.9 Å². The van der Waals surface area contributed by atoms with Crippen molar-refractivity contribution in [1.29, 1.82) is 0 Å². The van der Waals surface area contributed by atoms with Gasteiger partial charge in [-0.05, 0) is 49.3 Å². The van der Waals surface area contributed by atoms with Crippen molar-refractivity contribution in [2.45, 2.75) is 45.4 Å². The van der Waals surface area contributed by atoms with Gasteiger partial charge < -0.3 is 14.9 Å². The lowest BCUT2D eigenvalue weighted by Gasteiger charge is -2.29. The number of ether oxygens (including phenoxy) is 1. The fourth-order valence-corrected chi connectivity index (χ4v) is 4.19. The van der Waals surface area contributed by atoms with Gasteiger partial charge in [0.15, 0.2) is 0 Å². The minimum atomic E-state index is -0.562. The third kappa shape index (κ3) is 4.59. The normalized spacial score (nSPS) is 18.5.